The smallest absolute Gasteiger partial charge is 0.254 e. The van der Waals surface area contributed by atoms with Crippen LogP contribution in [0.3, 0.4) is 0 Å². The van der Waals surface area contributed by atoms with Crippen LogP contribution in [0, 0.1) is 5.82 Å². The minimum atomic E-state index is -0.559. The average Bonchev–Trinajstić information content (AvgIpc) is 3.19. The predicted octanol–water partition coefficient (Wildman–Crippen LogP) is 3.39. The summed E-state index contributed by atoms with van der Waals surface area (Å²) in [5.74, 6) is 0.471. The fourth-order valence-electron chi connectivity index (χ4n) is 2.97. The van der Waals surface area contributed by atoms with E-state index in [0.29, 0.717) is 41.8 Å². The number of hydrogen-bond acceptors (Lipinski definition) is 6. The van der Waals surface area contributed by atoms with E-state index in [1.54, 1.807) is 37.4 Å². The molecule has 2 aromatic carbocycles. The molecule has 1 aromatic heterocycles. The molecule has 0 spiro atoms. The van der Waals surface area contributed by atoms with Gasteiger partial charge in [-0.2, -0.15) is 0 Å². The Morgan fingerprint density at radius 1 is 1.16 bits per heavy atom. The lowest BCUT2D eigenvalue weighted by atomic mass is 10.1. The van der Waals surface area contributed by atoms with Crippen molar-refractivity contribution in [3.05, 3.63) is 71.3 Å². The molecule has 1 amide bonds. The Hall–Kier alpha value is -3.20. The van der Waals surface area contributed by atoms with Crippen LogP contribution in [0.25, 0.3) is 0 Å². The minimum absolute atomic E-state index is 0.00626. The first-order valence-corrected chi connectivity index (χ1v) is 10.8. The number of Topliss-reactive ketones (excluding diaryl/α,β-unsaturated/α-hetero) is 1. The van der Waals surface area contributed by atoms with E-state index in [9.17, 15) is 14.0 Å². The number of thioether (sulfide) groups is 1. The van der Waals surface area contributed by atoms with Gasteiger partial charge in [-0.1, -0.05) is 36.0 Å². The van der Waals surface area contributed by atoms with Gasteiger partial charge in [0.25, 0.3) is 5.91 Å². The molecule has 7 nitrogen and oxygen atoms in total. The largest absolute Gasteiger partial charge is 0.497 e. The van der Waals surface area contributed by atoms with Gasteiger partial charge in [0, 0.05) is 25.1 Å². The van der Waals surface area contributed by atoms with Crippen molar-refractivity contribution in [3.63, 3.8) is 0 Å². The summed E-state index contributed by atoms with van der Waals surface area (Å²) in [6, 6.07) is 12.9. The molecule has 0 saturated carbocycles. The third kappa shape index (κ3) is 5.69. The number of nitrogens with one attached hydrogen (secondary N) is 1. The summed E-state index contributed by atoms with van der Waals surface area (Å²) in [5, 5.41) is 11.7. The second-order valence-electron chi connectivity index (χ2n) is 6.57. The van der Waals surface area contributed by atoms with E-state index in [4.69, 9.17) is 4.74 Å². The molecule has 0 fully saturated rings. The van der Waals surface area contributed by atoms with Crippen molar-refractivity contribution in [3.8, 4) is 5.75 Å². The molecule has 0 unspecified atom stereocenters. The molecule has 0 saturated heterocycles. The van der Waals surface area contributed by atoms with E-state index in [1.165, 1.54) is 30.0 Å². The van der Waals surface area contributed by atoms with Crippen molar-refractivity contribution in [1.29, 1.82) is 0 Å². The maximum Gasteiger partial charge on any atom is 0.254 e. The second kappa shape index (κ2) is 10.7. The highest BCUT2D eigenvalue weighted by molar-refractivity contribution is 7.99. The molecule has 1 heterocycles. The first kappa shape index (κ1) is 22.5. The van der Waals surface area contributed by atoms with Gasteiger partial charge in [-0.05, 0) is 31.2 Å². The van der Waals surface area contributed by atoms with Gasteiger partial charge in [0.1, 0.15) is 17.4 Å². The summed E-state index contributed by atoms with van der Waals surface area (Å²) >= 11 is 1.31. The molecule has 0 aliphatic heterocycles. The summed E-state index contributed by atoms with van der Waals surface area (Å²) in [5.41, 5.74) is 0.581. The van der Waals surface area contributed by atoms with Crippen LogP contribution in [0.5, 0.6) is 5.75 Å². The fourth-order valence-corrected chi connectivity index (χ4v) is 3.88. The zero-order valence-electron chi connectivity index (χ0n) is 17.3. The molecule has 0 bridgehead atoms. The van der Waals surface area contributed by atoms with Crippen LogP contribution in [-0.2, 0) is 13.0 Å². The normalized spacial score (nSPS) is 10.7. The van der Waals surface area contributed by atoms with Crippen molar-refractivity contribution in [2.24, 2.45) is 0 Å². The first-order valence-electron chi connectivity index (χ1n) is 9.78. The van der Waals surface area contributed by atoms with Crippen LogP contribution < -0.4 is 10.1 Å². The van der Waals surface area contributed by atoms with Crippen molar-refractivity contribution in [1.82, 2.24) is 20.1 Å². The van der Waals surface area contributed by atoms with Crippen molar-refractivity contribution < 1.29 is 18.7 Å². The van der Waals surface area contributed by atoms with Gasteiger partial charge >= 0.3 is 0 Å². The second-order valence-corrected chi connectivity index (χ2v) is 7.52. The van der Waals surface area contributed by atoms with Crippen molar-refractivity contribution >= 4 is 23.5 Å². The van der Waals surface area contributed by atoms with Crippen LogP contribution in [0.15, 0.2) is 53.7 Å². The van der Waals surface area contributed by atoms with E-state index in [-0.39, 0.29) is 17.1 Å². The van der Waals surface area contributed by atoms with Crippen LogP contribution in [0.1, 0.15) is 33.5 Å². The van der Waals surface area contributed by atoms with E-state index in [1.807, 2.05) is 11.5 Å². The number of rotatable bonds is 10. The highest BCUT2D eigenvalue weighted by Gasteiger charge is 2.15. The van der Waals surface area contributed by atoms with Crippen LogP contribution in [0.2, 0.25) is 0 Å². The molecule has 1 N–H and O–H groups in total. The van der Waals surface area contributed by atoms with Crippen molar-refractivity contribution in [2.45, 2.75) is 25.0 Å². The van der Waals surface area contributed by atoms with Crippen LogP contribution >= 0.6 is 11.8 Å². The Morgan fingerprint density at radius 2 is 1.97 bits per heavy atom. The Bertz CT molecular complexity index is 1070. The standard InChI is InChI=1S/C22H23FN4O3S/c1-3-27-20(11-12-24-21(29)17-9-4-5-10-18(17)23)25-26-22(27)31-14-19(28)15-7-6-8-16(13-15)30-2/h4-10,13H,3,11-12,14H2,1-2H3,(H,24,29). The van der Waals surface area contributed by atoms with E-state index in [2.05, 4.69) is 15.5 Å². The number of nitrogens with zero attached hydrogens (tertiary/aromatic N) is 3. The molecule has 31 heavy (non-hydrogen) atoms. The fraction of sp³-hybridized carbons (Fsp3) is 0.273. The van der Waals surface area contributed by atoms with Gasteiger partial charge in [-0.3, -0.25) is 9.59 Å². The molecule has 0 radical (unpaired) electrons. The van der Waals surface area contributed by atoms with Gasteiger partial charge in [-0.25, -0.2) is 4.39 Å². The monoisotopic (exact) mass is 442 g/mol. The summed E-state index contributed by atoms with van der Waals surface area (Å²) in [6.45, 7) is 2.87. The number of halogens is 1. The lowest BCUT2D eigenvalue weighted by Crippen LogP contribution is -2.27. The number of hydrogen-bond donors (Lipinski definition) is 1. The van der Waals surface area contributed by atoms with Gasteiger partial charge in [0.05, 0.1) is 18.4 Å². The Morgan fingerprint density at radius 3 is 2.71 bits per heavy atom. The first-order chi connectivity index (χ1) is 15.0. The number of carbonyl (C=O) groups is 2. The summed E-state index contributed by atoms with van der Waals surface area (Å²) < 4.78 is 20.8. The van der Waals surface area contributed by atoms with Gasteiger partial charge in [0.15, 0.2) is 10.9 Å². The summed E-state index contributed by atoms with van der Waals surface area (Å²) in [6.07, 6.45) is 0.436. The predicted molar refractivity (Wildman–Crippen MR) is 116 cm³/mol. The lowest BCUT2D eigenvalue weighted by molar-refractivity contribution is 0.0949. The lowest BCUT2D eigenvalue weighted by Gasteiger charge is -2.09. The summed E-state index contributed by atoms with van der Waals surface area (Å²) in [4.78, 5) is 24.6. The molecule has 3 rings (SSSR count). The number of amides is 1. The van der Waals surface area contributed by atoms with Gasteiger partial charge in [0.2, 0.25) is 0 Å². The SMILES string of the molecule is CCn1c(CCNC(=O)c2ccccc2F)nnc1SCC(=O)c1cccc(OC)c1. The maximum atomic E-state index is 13.7. The average molecular weight is 443 g/mol. The van der Waals surface area contributed by atoms with Gasteiger partial charge in [-0.15, -0.1) is 10.2 Å². The molecular weight excluding hydrogens is 419 g/mol. The quantitative estimate of drug-likeness (QED) is 0.383. The topological polar surface area (TPSA) is 86.1 Å². The minimum Gasteiger partial charge on any atom is -0.497 e. The molecule has 3 aromatic rings. The third-order valence-corrected chi connectivity index (χ3v) is 5.55. The third-order valence-electron chi connectivity index (χ3n) is 4.59. The number of benzene rings is 2. The maximum absolute atomic E-state index is 13.7. The zero-order chi connectivity index (χ0) is 22.2. The Balaban J connectivity index is 1.57. The Labute approximate surface area is 184 Å². The van der Waals surface area contributed by atoms with E-state index < -0.39 is 11.7 Å². The Kier molecular flexibility index (Phi) is 7.77. The molecule has 9 heteroatoms. The van der Waals surface area contributed by atoms with Gasteiger partial charge < -0.3 is 14.6 Å². The highest BCUT2D eigenvalue weighted by atomic mass is 32.2. The van der Waals surface area contributed by atoms with E-state index in [0.717, 1.165) is 0 Å². The zero-order valence-corrected chi connectivity index (χ0v) is 18.1. The van der Waals surface area contributed by atoms with E-state index >= 15 is 0 Å². The number of ether oxygens (including phenoxy) is 1. The van der Waals surface area contributed by atoms with Crippen LogP contribution in [-0.4, -0.2) is 45.9 Å². The number of ketones is 1. The van der Waals surface area contributed by atoms with Crippen molar-refractivity contribution in [2.75, 3.05) is 19.4 Å². The van der Waals surface area contributed by atoms with Crippen LogP contribution in [0.4, 0.5) is 4.39 Å². The molecule has 0 aliphatic carbocycles. The molecular formula is C22H23FN4O3S. The molecule has 0 atom stereocenters. The molecule has 162 valence electrons. The highest BCUT2D eigenvalue weighted by Crippen LogP contribution is 2.20. The summed E-state index contributed by atoms with van der Waals surface area (Å²) in [7, 11) is 1.56. The number of carbonyl (C=O) groups excluding carboxylic acids is 2. The number of aromatic nitrogens is 3. The molecule has 0 aliphatic rings. The number of methoxy groups -OCH3 is 1.